The standard InChI is InChI=1S/C35H28F3N5O3/c1-39-24-8-6-22(26(36)13-24)18-46-33-5-3-4-29(42-33)25-14-27(37)23(10-28(25)38)12-32-41-30-9-7-21(34(44)45-2)11-31(30)43(32)19-35-15-20(16-35)17-40-35/h3-11,13-14,20,40H,12,15-19H2,2H3. The number of esters is 1. The van der Waals surface area contributed by atoms with Crippen LogP contribution in [0.3, 0.4) is 0 Å². The number of pyridine rings is 1. The van der Waals surface area contributed by atoms with Crippen LogP contribution in [-0.4, -0.2) is 39.7 Å². The molecule has 1 aliphatic carbocycles. The minimum Gasteiger partial charge on any atom is -0.473 e. The lowest BCUT2D eigenvalue weighted by Gasteiger charge is -2.38. The van der Waals surface area contributed by atoms with E-state index in [9.17, 15) is 9.18 Å². The molecule has 3 aliphatic rings. The molecule has 0 amide bonds. The summed E-state index contributed by atoms with van der Waals surface area (Å²) in [6.45, 7) is 8.38. The lowest BCUT2D eigenvalue weighted by atomic mass is 9.73. The number of nitrogens with one attached hydrogen (secondary N) is 1. The molecule has 8 rings (SSSR count). The molecule has 0 atom stereocenters. The fourth-order valence-electron chi connectivity index (χ4n) is 6.52. The lowest BCUT2D eigenvalue weighted by Crippen LogP contribution is -2.47. The second kappa shape index (κ2) is 11.6. The zero-order chi connectivity index (χ0) is 32.0. The number of carbonyl (C=O) groups excluding carboxylic acids is 1. The molecule has 0 unspecified atom stereocenters. The largest absolute Gasteiger partial charge is 0.473 e. The number of benzene rings is 3. The second-order valence-corrected chi connectivity index (χ2v) is 11.9. The van der Waals surface area contributed by atoms with Gasteiger partial charge in [-0.3, -0.25) is 0 Å². The van der Waals surface area contributed by atoms with E-state index in [0.717, 1.165) is 43.1 Å². The van der Waals surface area contributed by atoms with Crippen molar-refractivity contribution < 1.29 is 27.4 Å². The van der Waals surface area contributed by atoms with Gasteiger partial charge in [-0.25, -0.2) is 32.8 Å². The summed E-state index contributed by atoms with van der Waals surface area (Å²) < 4.78 is 58.1. The minimum absolute atomic E-state index is 0.0270. The maximum absolute atomic E-state index is 15.7. The van der Waals surface area contributed by atoms with E-state index in [4.69, 9.17) is 21.0 Å². The van der Waals surface area contributed by atoms with Crippen molar-refractivity contribution in [3.8, 4) is 17.1 Å². The van der Waals surface area contributed by atoms with Crippen molar-refractivity contribution in [3.05, 3.63) is 118 Å². The van der Waals surface area contributed by atoms with E-state index >= 15 is 8.78 Å². The summed E-state index contributed by atoms with van der Waals surface area (Å²) in [5.41, 5.74) is 2.30. The molecular formula is C35H28F3N5O3. The predicted octanol–water partition coefficient (Wildman–Crippen LogP) is 6.77. The summed E-state index contributed by atoms with van der Waals surface area (Å²) in [7, 11) is 1.32. The summed E-state index contributed by atoms with van der Waals surface area (Å²) in [6, 6.07) is 16.1. The van der Waals surface area contributed by atoms with Crippen LogP contribution < -0.4 is 10.1 Å². The van der Waals surface area contributed by atoms with Crippen LogP contribution in [0, 0.1) is 29.9 Å². The Morgan fingerprint density at radius 2 is 1.85 bits per heavy atom. The molecule has 3 aromatic carbocycles. The van der Waals surface area contributed by atoms with Crippen LogP contribution in [0.25, 0.3) is 27.1 Å². The summed E-state index contributed by atoms with van der Waals surface area (Å²) in [4.78, 5) is 24.6. The normalized spacial score (nSPS) is 18.3. The number of halogens is 3. The van der Waals surface area contributed by atoms with Crippen molar-refractivity contribution in [3.63, 3.8) is 0 Å². The maximum atomic E-state index is 15.7. The third kappa shape index (κ3) is 5.45. The number of rotatable bonds is 9. The molecule has 2 aliphatic heterocycles. The zero-order valence-electron chi connectivity index (χ0n) is 24.8. The first-order valence-electron chi connectivity index (χ1n) is 14.8. The Bertz CT molecular complexity index is 2040. The Morgan fingerprint density at radius 1 is 1.02 bits per heavy atom. The number of carbonyl (C=O) groups is 1. The quantitative estimate of drug-likeness (QED) is 0.144. The Hall–Kier alpha value is -5.21. The fraction of sp³-hybridized carbons (Fsp3) is 0.257. The molecule has 3 fully saturated rings. The van der Waals surface area contributed by atoms with Gasteiger partial charge in [0.15, 0.2) is 5.69 Å². The average Bonchev–Trinajstić information content (AvgIpc) is 3.75. The van der Waals surface area contributed by atoms with Crippen molar-refractivity contribution in [1.82, 2.24) is 19.9 Å². The second-order valence-electron chi connectivity index (χ2n) is 11.9. The Balaban J connectivity index is 1.16. The number of imidazole rings is 1. The van der Waals surface area contributed by atoms with Crippen LogP contribution >= 0.6 is 0 Å². The van der Waals surface area contributed by atoms with Gasteiger partial charge in [0.1, 0.15) is 29.9 Å². The highest BCUT2D eigenvalue weighted by Gasteiger charge is 2.50. The molecule has 1 saturated carbocycles. The number of hydrogen-bond donors (Lipinski definition) is 1. The third-order valence-electron chi connectivity index (χ3n) is 8.86. The Kier molecular flexibility index (Phi) is 7.45. The van der Waals surface area contributed by atoms with Gasteiger partial charge in [0.2, 0.25) is 5.88 Å². The van der Waals surface area contributed by atoms with Crippen molar-refractivity contribution in [1.29, 1.82) is 0 Å². The molecule has 46 heavy (non-hydrogen) atoms. The monoisotopic (exact) mass is 623 g/mol. The van der Waals surface area contributed by atoms with Gasteiger partial charge in [0.05, 0.1) is 36.0 Å². The zero-order valence-corrected chi connectivity index (χ0v) is 24.8. The van der Waals surface area contributed by atoms with Crippen LogP contribution in [0.15, 0.2) is 66.7 Å². The van der Waals surface area contributed by atoms with E-state index < -0.39 is 23.4 Å². The first kappa shape index (κ1) is 29.5. The van der Waals surface area contributed by atoms with E-state index in [1.807, 2.05) is 4.57 Å². The average molecular weight is 624 g/mol. The smallest absolute Gasteiger partial charge is 0.337 e. The van der Waals surface area contributed by atoms with E-state index in [1.54, 1.807) is 24.3 Å². The van der Waals surface area contributed by atoms with Crippen molar-refractivity contribution in [2.75, 3.05) is 13.7 Å². The third-order valence-corrected chi connectivity index (χ3v) is 8.86. The molecule has 5 aromatic rings. The van der Waals surface area contributed by atoms with Crippen LogP contribution in [-0.2, 0) is 24.3 Å². The van der Waals surface area contributed by atoms with Gasteiger partial charge in [0.25, 0.3) is 0 Å². The molecule has 2 saturated heterocycles. The summed E-state index contributed by atoms with van der Waals surface area (Å²) in [5.74, 6) is -1.05. The SMILES string of the molecule is [C-]#[N+]c1ccc(COc2cccc(-c3cc(F)c(Cc4nc5ccc(C(=O)OC)cc5n4CC45CC(CN4)C5)cc3F)n2)c(F)c1. The van der Waals surface area contributed by atoms with Gasteiger partial charge in [-0.05, 0) is 73.3 Å². The molecule has 1 N–H and O–H groups in total. The molecule has 8 nitrogen and oxygen atoms in total. The predicted molar refractivity (Wildman–Crippen MR) is 164 cm³/mol. The molecule has 0 radical (unpaired) electrons. The van der Waals surface area contributed by atoms with E-state index in [-0.39, 0.29) is 52.5 Å². The highest BCUT2D eigenvalue weighted by atomic mass is 19.1. The van der Waals surface area contributed by atoms with E-state index in [2.05, 4.69) is 15.1 Å². The molecule has 0 spiro atoms. The molecule has 232 valence electrons. The number of aromatic nitrogens is 3. The molecule has 11 heteroatoms. The van der Waals surface area contributed by atoms with Crippen molar-refractivity contribution in [2.24, 2.45) is 5.92 Å². The van der Waals surface area contributed by atoms with Gasteiger partial charge in [-0.15, -0.1) is 0 Å². The van der Waals surface area contributed by atoms with Crippen LogP contribution in [0.2, 0.25) is 0 Å². The van der Waals surface area contributed by atoms with Crippen molar-refractivity contribution in [2.45, 2.75) is 38.0 Å². The highest BCUT2D eigenvalue weighted by molar-refractivity contribution is 5.93. The molecular weight excluding hydrogens is 595 g/mol. The number of ether oxygens (including phenoxy) is 2. The Morgan fingerprint density at radius 3 is 2.59 bits per heavy atom. The minimum atomic E-state index is -0.671. The van der Waals surface area contributed by atoms with Gasteiger partial charge in [-0.1, -0.05) is 18.2 Å². The molecule has 2 bridgehead atoms. The van der Waals surface area contributed by atoms with Crippen LogP contribution in [0.1, 0.15) is 40.2 Å². The summed E-state index contributed by atoms with van der Waals surface area (Å²) >= 11 is 0. The summed E-state index contributed by atoms with van der Waals surface area (Å²) in [6.07, 6.45) is 2.08. The lowest BCUT2D eigenvalue weighted by molar-refractivity contribution is 0.0601. The first-order chi connectivity index (χ1) is 22.2. The van der Waals surface area contributed by atoms with E-state index in [1.165, 1.54) is 31.4 Å². The topological polar surface area (TPSA) is 82.6 Å². The van der Waals surface area contributed by atoms with Gasteiger partial charge in [0, 0.05) is 35.7 Å². The summed E-state index contributed by atoms with van der Waals surface area (Å²) in [5, 5.41) is 3.61. The number of methoxy groups -OCH3 is 1. The van der Waals surface area contributed by atoms with Crippen LogP contribution in [0.4, 0.5) is 18.9 Å². The molecule has 4 heterocycles. The van der Waals surface area contributed by atoms with Gasteiger partial charge in [-0.2, -0.15) is 0 Å². The number of hydrogen-bond acceptors (Lipinski definition) is 6. The number of nitrogens with zero attached hydrogens (tertiary/aromatic N) is 4. The van der Waals surface area contributed by atoms with Gasteiger partial charge < -0.3 is 19.4 Å². The molecule has 2 aromatic heterocycles. The van der Waals surface area contributed by atoms with Gasteiger partial charge >= 0.3 is 5.97 Å². The van der Waals surface area contributed by atoms with Crippen LogP contribution in [0.5, 0.6) is 5.88 Å². The highest BCUT2D eigenvalue weighted by Crippen LogP contribution is 2.45. The Labute approximate surface area is 262 Å². The maximum Gasteiger partial charge on any atom is 0.337 e. The van der Waals surface area contributed by atoms with E-state index in [0.29, 0.717) is 29.4 Å². The van der Waals surface area contributed by atoms with Crippen molar-refractivity contribution >= 4 is 22.7 Å². The fourth-order valence-corrected chi connectivity index (χ4v) is 6.52. The number of fused-ring (bicyclic) bond motifs is 2. The first-order valence-corrected chi connectivity index (χ1v) is 14.8.